The summed E-state index contributed by atoms with van der Waals surface area (Å²) in [6, 6.07) is 37.8. The average molecular weight is 831 g/mol. The molecular formula is C54H66N6O2. The summed E-state index contributed by atoms with van der Waals surface area (Å²) < 4.78 is 0. The van der Waals surface area contributed by atoms with Gasteiger partial charge in [0, 0.05) is 49.3 Å². The van der Waals surface area contributed by atoms with E-state index in [9.17, 15) is 9.59 Å². The summed E-state index contributed by atoms with van der Waals surface area (Å²) >= 11 is 0. The van der Waals surface area contributed by atoms with Crippen LogP contribution in [0.25, 0.3) is 12.2 Å². The Morgan fingerprint density at radius 3 is 1.13 bits per heavy atom. The van der Waals surface area contributed by atoms with Gasteiger partial charge in [-0.05, 0) is 159 Å². The smallest absolute Gasteiger partial charge is 0.315 e. The van der Waals surface area contributed by atoms with Gasteiger partial charge in [-0.2, -0.15) is 0 Å². The highest BCUT2D eigenvalue weighted by molar-refractivity contribution is 5.75. The molecule has 324 valence electrons. The molecule has 4 fully saturated rings. The molecule has 2 saturated heterocycles. The molecule has 10 rings (SSSR count). The molecule has 4 aliphatic heterocycles. The molecule has 62 heavy (non-hydrogen) atoms. The van der Waals surface area contributed by atoms with Gasteiger partial charge in [-0.25, -0.2) is 9.59 Å². The van der Waals surface area contributed by atoms with Crippen LogP contribution in [0.5, 0.6) is 0 Å². The molecule has 2 saturated carbocycles. The Morgan fingerprint density at radius 2 is 0.790 bits per heavy atom. The van der Waals surface area contributed by atoms with E-state index in [1.807, 2.05) is 0 Å². The molecule has 0 aromatic heterocycles. The van der Waals surface area contributed by atoms with Gasteiger partial charge < -0.3 is 21.3 Å². The van der Waals surface area contributed by atoms with Crippen molar-refractivity contribution in [1.82, 2.24) is 31.1 Å². The Hall–Kier alpha value is -4.92. The Kier molecular flexibility index (Phi) is 12.5. The zero-order valence-electron chi connectivity index (χ0n) is 36.4. The first-order chi connectivity index (χ1) is 30.5. The normalized spacial score (nSPS) is 27.5. The van der Waals surface area contributed by atoms with Gasteiger partial charge in [0.05, 0.1) is 0 Å². The predicted octanol–water partition coefficient (Wildman–Crippen LogP) is 11.1. The van der Waals surface area contributed by atoms with Crippen molar-refractivity contribution in [3.63, 3.8) is 0 Å². The van der Waals surface area contributed by atoms with Crippen LogP contribution in [0.15, 0.2) is 97.1 Å². The topological polar surface area (TPSA) is 88.7 Å². The third-order valence-corrected chi connectivity index (χ3v) is 15.7. The number of nitrogens with zero attached hydrogens (tertiary/aromatic N) is 2. The number of amides is 4. The third-order valence-electron chi connectivity index (χ3n) is 15.7. The van der Waals surface area contributed by atoms with E-state index in [2.05, 4.69) is 140 Å². The lowest BCUT2D eigenvalue weighted by molar-refractivity contribution is 0.185. The van der Waals surface area contributed by atoms with Crippen molar-refractivity contribution in [3.05, 3.63) is 142 Å². The number of carbonyl (C=O) groups is 2. The largest absolute Gasteiger partial charge is 0.335 e. The van der Waals surface area contributed by atoms with E-state index in [1.165, 1.54) is 77.3 Å². The molecule has 4 aromatic carbocycles. The number of urea groups is 2. The number of carbonyl (C=O) groups excluding carboxylic acids is 2. The molecular weight excluding hydrogens is 765 g/mol. The Morgan fingerprint density at radius 1 is 0.452 bits per heavy atom. The molecule has 6 aliphatic rings. The molecule has 4 bridgehead atoms. The van der Waals surface area contributed by atoms with E-state index in [-0.39, 0.29) is 24.1 Å². The van der Waals surface area contributed by atoms with Gasteiger partial charge in [-0.3, -0.25) is 9.80 Å². The lowest BCUT2D eigenvalue weighted by Gasteiger charge is -2.31. The molecule has 4 atom stereocenters. The molecule has 2 aliphatic carbocycles. The zero-order chi connectivity index (χ0) is 41.8. The van der Waals surface area contributed by atoms with E-state index in [1.54, 1.807) is 22.3 Å². The molecule has 4 unspecified atom stereocenters. The minimum Gasteiger partial charge on any atom is -0.335 e. The van der Waals surface area contributed by atoms with Gasteiger partial charge in [0.2, 0.25) is 0 Å². The maximum absolute atomic E-state index is 12.8. The van der Waals surface area contributed by atoms with E-state index >= 15 is 0 Å². The van der Waals surface area contributed by atoms with Gasteiger partial charge in [0.25, 0.3) is 0 Å². The predicted molar refractivity (Wildman–Crippen MR) is 249 cm³/mol. The first-order valence-corrected chi connectivity index (χ1v) is 24.1. The highest BCUT2D eigenvalue weighted by atomic mass is 16.2. The first kappa shape index (κ1) is 41.1. The molecule has 8 nitrogen and oxygen atoms in total. The number of benzene rings is 4. The summed E-state index contributed by atoms with van der Waals surface area (Å²) in [6.45, 7) is 3.42. The molecule has 8 heteroatoms. The first-order valence-electron chi connectivity index (χ1n) is 24.1. The number of rotatable bonds is 14. The molecule has 4 N–H and O–H groups in total. The van der Waals surface area contributed by atoms with Crippen LogP contribution < -0.4 is 21.3 Å². The number of nitrogens with one attached hydrogen (secondary N) is 4. The van der Waals surface area contributed by atoms with Crippen molar-refractivity contribution in [1.29, 1.82) is 0 Å². The van der Waals surface area contributed by atoms with Crippen LogP contribution in [0.1, 0.15) is 159 Å². The van der Waals surface area contributed by atoms with Crippen LogP contribution in [0.3, 0.4) is 0 Å². The van der Waals surface area contributed by atoms with Crippen molar-refractivity contribution < 1.29 is 9.59 Å². The second kappa shape index (κ2) is 18.8. The van der Waals surface area contributed by atoms with Crippen molar-refractivity contribution in [2.45, 2.75) is 139 Å². The third kappa shape index (κ3) is 9.23. The number of hydrogen-bond donors (Lipinski definition) is 4. The summed E-state index contributed by atoms with van der Waals surface area (Å²) in [5.74, 6) is 1.53. The fourth-order valence-corrected chi connectivity index (χ4v) is 12.3. The number of fused-ring (bicyclic) bond motifs is 10. The van der Waals surface area contributed by atoms with E-state index < -0.39 is 0 Å². The summed E-state index contributed by atoms with van der Waals surface area (Å²) in [6.07, 6.45) is 21.1. The van der Waals surface area contributed by atoms with Gasteiger partial charge in [0.15, 0.2) is 0 Å². The molecule has 4 aromatic rings. The van der Waals surface area contributed by atoms with Crippen LogP contribution in [-0.2, 0) is 13.1 Å². The van der Waals surface area contributed by atoms with Crippen molar-refractivity contribution in [3.8, 4) is 0 Å². The van der Waals surface area contributed by atoms with Gasteiger partial charge >= 0.3 is 12.1 Å². The van der Waals surface area contributed by atoms with Gasteiger partial charge in [0.1, 0.15) is 0 Å². The Balaban J connectivity index is 0.580. The van der Waals surface area contributed by atoms with E-state index in [0.717, 1.165) is 59.8 Å². The molecule has 0 spiro atoms. The number of hydrogen-bond acceptors (Lipinski definition) is 4. The van der Waals surface area contributed by atoms with Crippen molar-refractivity contribution in [2.24, 2.45) is 11.8 Å². The maximum Gasteiger partial charge on any atom is 0.315 e. The minimum atomic E-state index is -0.0670. The Bertz CT molecular complexity index is 1970. The van der Waals surface area contributed by atoms with Crippen LogP contribution in [0.4, 0.5) is 9.59 Å². The second-order valence-corrected chi connectivity index (χ2v) is 19.4. The van der Waals surface area contributed by atoms with Crippen molar-refractivity contribution >= 4 is 24.2 Å². The standard InChI is InChI=1S/C54H66N6O2/c61-53(57-43-23-19-39(20-24-43)31-33-59-49-27-28-50(59)46-6-2-1-5-45(46)49)55-35-41-15-11-37(12-16-41)9-10-38-13-17-42(18-14-38)36-56-54(62)58-44-25-21-40(22-26-44)32-34-60-51-29-30-52(60)48-8-4-3-7-47(48)51/h1-18,39-40,43-44,49-52H,19-36H2,(H2,55,57,61)(H2,56,58,62)/b10-9+. The van der Waals surface area contributed by atoms with Gasteiger partial charge in [-0.15, -0.1) is 0 Å². The molecule has 4 amide bonds. The highest BCUT2D eigenvalue weighted by Gasteiger charge is 2.44. The SMILES string of the molecule is O=C(NCc1ccc(/C=C/c2ccc(CNC(=O)NC3CCC(CCN4C5CCC4c4ccccc45)CC3)cc2)cc1)NC1CCC(CCN2C3CCC2c2ccccc23)CC1. The fraction of sp³-hybridized carbons (Fsp3) is 0.481. The maximum atomic E-state index is 12.8. The lowest BCUT2D eigenvalue weighted by atomic mass is 9.84. The monoisotopic (exact) mass is 831 g/mol. The molecule has 4 heterocycles. The fourth-order valence-electron chi connectivity index (χ4n) is 12.3. The summed E-state index contributed by atoms with van der Waals surface area (Å²) in [7, 11) is 0. The lowest BCUT2D eigenvalue weighted by Crippen LogP contribution is -2.43. The summed E-state index contributed by atoms with van der Waals surface area (Å²) in [5, 5.41) is 12.7. The Labute approximate surface area is 369 Å². The zero-order valence-corrected chi connectivity index (χ0v) is 36.4. The average Bonchev–Trinajstić information content (AvgIpc) is 4.08. The van der Waals surface area contributed by atoms with E-state index in [4.69, 9.17) is 0 Å². The highest BCUT2D eigenvalue weighted by Crippen LogP contribution is 2.54. The van der Waals surface area contributed by atoms with Crippen LogP contribution in [-0.4, -0.2) is 47.0 Å². The van der Waals surface area contributed by atoms with E-state index in [0.29, 0.717) is 37.3 Å². The minimum absolute atomic E-state index is 0.0670. The summed E-state index contributed by atoms with van der Waals surface area (Å²) in [4.78, 5) is 31.1. The van der Waals surface area contributed by atoms with Crippen LogP contribution in [0.2, 0.25) is 0 Å². The van der Waals surface area contributed by atoms with Crippen molar-refractivity contribution in [2.75, 3.05) is 13.1 Å². The summed E-state index contributed by atoms with van der Waals surface area (Å²) in [5.41, 5.74) is 10.7. The second-order valence-electron chi connectivity index (χ2n) is 19.4. The molecule has 0 radical (unpaired) electrons. The van der Waals surface area contributed by atoms with Gasteiger partial charge in [-0.1, -0.05) is 109 Å². The van der Waals surface area contributed by atoms with Crippen LogP contribution >= 0.6 is 0 Å². The van der Waals surface area contributed by atoms with Crippen LogP contribution in [0, 0.1) is 11.8 Å². The quantitative estimate of drug-likeness (QED) is 0.0953.